The number of carbonyl (C=O) groups excluding carboxylic acids is 1. The Kier molecular flexibility index (Phi) is 6.37. The standard InChI is InChI=1S/C13H28N3O4P/c1-7-20-13(2,3)12(17)15-8-10-16(11-9-15)21(18,19-6)14(4)5/h7-11H2,1-6H3. The van der Waals surface area contributed by atoms with Crippen molar-refractivity contribution in [1.82, 2.24) is 14.2 Å². The second-order valence-electron chi connectivity index (χ2n) is 5.71. The largest absolute Gasteiger partial charge is 0.366 e. The molecule has 0 aromatic rings. The number of carbonyl (C=O) groups is 1. The monoisotopic (exact) mass is 321 g/mol. The van der Waals surface area contributed by atoms with Gasteiger partial charge in [-0.1, -0.05) is 0 Å². The van der Waals surface area contributed by atoms with Gasteiger partial charge in [0.1, 0.15) is 5.60 Å². The van der Waals surface area contributed by atoms with Crippen LogP contribution in [0.4, 0.5) is 0 Å². The fraction of sp³-hybridized carbons (Fsp3) is 0.923. The van der Waals surface area contributed by atoms with Crippen LogP contribution in [0.1, 0.15) is 20.8 Å². The third-order valence-electron chi connectivity index (χ3n) is 3.66. The van der Waals surface area contributed by atoms with E-state index >= 15 is 0 Å². The third-order valence-corrected chi connectivity index (χ3v) is 6.27. The maximum absolute atomic E-state index is 12.7. The lowest BCUT2D eigenvalue weighted by Gasteiger charge is -2.41. The van der Waals surface area contributed by atoms with Crippen molar-refractivity contribution in [1.29, 1.82) is 0 Å². The normalized spacial score (nSPS) is 20.6. The van der Waals surface area contributed by atoms with Crippen molar-refractivity contribution in [2.45, 2.75) is 26.4 Å². The summed E-state index contributed by atoms with van der Waals surface area (Å²) in [6.45, 7) is 8.04. The smallest absolute Gasteiger partial charge is 0.345 e. The molecule has 0 bridgehead atoms. The Balaban J connectivity index is 2.68. The lowest BCUT2D eigenvalue weighted by atomic mass is 10.1. The van der Waals surface area contributed by atoms with Crippen LogP contribution >= 0.6 is 7.67 Å². The minimum absolute atomic E-state index is 0.0268. The molecule has 0 spiro atoms. The summed E-state index contributed by atoms with van der Waals surface area (Å²) in [6, 6.07) is 0. The van der Waals surface area contributed by atoms with E-state index in [-0.39, 0.29) is 5.91 Å². The van der Waals surface area contributed by atoms with Gasteiger partial charge in [0.15, 0.2) is 0 Å². The number of amides is 1. The fourth-order valence-electron chi connectivity index (χ4n) is 2.49. The van der Waals surface area contributed by atoms with Crippen molar-refractivity contribution in [3.05, 3.63) is 0 Å². The molecule has 0 aliphatic carbocycles. The molecule has 7 nitrogen and oxygen atoms in total. The van der Waals surface area contributed by atoms with Gasteiger partial charge in [-0.25, -0.2) is 9.34 Å². The number of rotatable bonds is 6. The van der Waals surface area contributed by atoms with E-state index in [0.29, 0.717) is 32.8 Å². The SMILES string of the molecule is CCOC(C)(C)C(=O)N1CCN(P(=O)(OC)N(C)C)CC1. The first kappa shape index (κ1) is 18.6. The van der Waals surface area contributed by atoms with Gasteiger partial charge in [0, 0.05) is 39.9 Å². The summed E-state index contributed by atoms with van der Waals surface area (Å²) in [5, 5.41) is 0. The van der Waals surface area contributed by atoms with E-state index in [1.807, 2.05) is 11.6 Å². The number of piperazine rings is 1. The van der Waals surface area contributed by atoms with Crippen molar-refractivity contribution in [3.8, 4) is 0 Å². The molecule has 1 rings (SSSR count). The Hall–Kier alpha value is -0.460. The number of ether oxygens (including phenoxy) is 1. The highest BCUT2D eigenvalue weighted by atomic mass is 31.2. The molecule has 8 heteroatoms. The molecule has 1 atom stereocenters. The summed E-state index contributed by atoms with van der Waals surface area (Å²) < 4.78 is 26.9. The van der Waals surface area contributed by atoms with Gasteiger partial charge in [-0.2, -0.15) is 0 Å². The number of hydrogen-bond acceptors (Lipinski definition) is 4. The Morgan fingerprint density at radius 2 is 1.76 bits per heavy atom. The molecule has 21 heavy (non-hydrogen) atoms. The van der Waals surface area contributed by atoms with Gasteiger partial charge < -0.3 is 14.2 Å². The average Bonchev–Trinajstić information content (AvgIpc) is 2.45. The average molecular weight is 321 g/mol. The summed E-state index contributed by atoms with van der Waals surface area (Å²) in [5.41, 5.74) is -0.816. The molecule has 0 radical (unpaired) electrons. The second-order valence-corrected chi connectivity index (χ2v) is 8.42. The minimum atomic E-state index is -2.96. The van der Waals surface area contributed by atoms with E-state index in [4.69, 9.17) is 9.26 Å². The summed E-state index contributed by atoms with van der Waals surface area (Å²) in [4.78, 5) is 14.2. The van der Waals surface area contributed by atoms with Crippen LogP contribution in [0.5, 0.6) is 0 Å². The molecule has 0 aromatic heterocycles. The van der Waals surface area contributed by atoms with Gasteiger partial charge in [-0.15, -0.1) is 0 Å². The van der Waals surface area contributed by atoms with Gasteiger partial charge in [0.2, 0.25) is 0 Å². The van der Waals surface area contributed by atoms with E-state index in [1.54, 1.807) is 37.5 Å². The molecule has 1 aliphatic heterocycles. The molecule has 1 unspecified atom stereocenters. The summed E-state index contributed by atoms with van der Waals surface area (Å²) in [6.07, 6.45) is 0. The Labute approximate surface area is 127 Å². The van der Waals surface area contributed by atoms with E-state index in [2.05, 4.69) is 0 Å². The zero-order chi connectivity index (χ0) is 16.3. The molecule has 124 valence electrons. The van der Waals surface area contributed by atoms with Crippen LogP contribution in [0.25, 0.3) is 0 Å². The van der Waals surface area contributed by atoms with Crippen LogP contribution in [-0.2, 0) is 18.6 Å². The van der Waals surface area contributed by atoms with Gasteiger partial charge in [-0.05, 0) is 34.9 Å². The molecule has 0 aromatic carbocycles. The molecule has 1 amide bonds. The highest BCUT2D eigenvalue weighted by Crippen LogP contribution is 2.51. The number of hydrogen-bond donors (Lipinski definition) is 0. The van der Waals surface area contributed by atoms with Gasteiger partial charge >= 0.3 is 7.67 Å². The van der Waals surface area contributed by atoms with E-state index in [1.165, 1.54) is 7.11 Å². The van der Waals surface area contributed by atoms with E-state index in [9.17, 15) is 9.36 Å². The quantitative estimate of drug-likeness (QED) is 0.687. The molecule has 1 heterocycles. The van der Waals surface area contributed by atoms with Crippen molar-refractivity contribution < 1.29 is 18.6 Å². The van der Waals surface area contributed by atoms with E-state index in [0.717, 1.165) is 0 Å². The zero-order valence-electron chi connectivity index (χ0n) is 14.0. The first-order chi connectivity index (χ1) is 9.69. The summed E-state index contributed by atoms with van der Waals surface area (Å²) >= 11 is 0. The maximum Gasteiger partial charge on any atom is 0.345 e. The highest BCUT2D eigenvalue weighted by Gasteiger charge is 2.39. The Morgan fingerprint density at radius 3 is 2.14 bits per heavy atom. The number of nitrogens with zero attached hydrogens (tertiary/aromatic N) is 3. The van der Waals surface area contributed by atoms with Gasteiger partial charge in [0.25, 0.3) is 5.91 Å². The van der Waals surface area contributed by atoms with Crippen molar-refractivity contribution in [2.24, 2.45) is 0 Å². The Morgan fingerprint density at radius 1 is 1.24 bits per heavy atom. The molecule has 1 aliphatic rings. The molecular formula is C13H28N3O4P. The first-order valence-electron chi connectivity index (χ1n) is 7.21. The molecular weight excluding hydrogens is 293 g/mol. The lowest BCUT2D eigenvalue weighted by molar-refractivity contribution is -0.155. The second kappa shape index (κ2) is 7.20. The van der Waals surface area contributed by atoms with Crippen molar-refractivity contribution in [2.75, 3.05) is 54.0 Å². The van der Waals surface area contributed by atoms with Crippen molar-refractivity contribution in [3.63, 3.8) is 0 Å². The van der Waals surface area contributed by atoms with Crippen LogP contribution < -0.4 is 0 Å². The van der Waals surface area contributed by atoms with Crippen LogP contribution in [0.15, 0.2) is 0 Å². The molecule has 1 fully saturated rings. The van der Waals surface area contributed by atoms with E-state index < -0.39 is 13.3 Å². The van der Waals surface area contributed by atoms with Crippen LogP contribution in [0.2, 0.25) is 0 Å². The predicted octanol–water partition coefficient (Wildman–Crippen LogP) is 1.26. The van der Waals surface area contributed by atoms with Gasteiger partial charge in [-0.3, -0.25) is 9.36 Å². The summed E-state index contributed by atoms with van der Waals surface area (Å²) in [5.74, 6) is -0.0268. The molecule has 1 saturated heterocycles. The molecule has 0 saturated carbocycles. The van der Waals surface area contributed by atoms with Crippen LogP contribution in [0, 0.1) is 0 Å². The third kappa shape index (κ3) is 4.05. The summed E-state index contributed by atoms with van der Waals surface area (Å²) in [7, 11) is 1.97. The first-order valence-corrected chi connectivity index (χ1v) is 8.74. The minimum Gasteiger partial charge on any atom is -0.366 e. The topological polar surface area (TPSA) is 62.3 Å². The predicted molar refractivity (Wildman–Crippen MR) is 82.2 cm³/mol. The molecule has 0 N–H and O–H groups in total. The maximum atomic E-state index is 12.7. The lowest BCUT2D eigenvalue weighted by Crippen LogP contribution is -2.54. The van der Waals surface area contributed by atoms with Crippen LogP contribution in [-0.4, -0.2) is 79.7 Å². The van der Waals surface area contributed by atoms with Crippen LogP contribution in [0.3, 0.4) is 0 Å². The fourth-order valence-corrected chi connectivity index (χ4v) is 4.23. The van der Waals surface area contributed by atoms with Gasteiger partial charge in [0.05, 0.1) is 0 Å². The Bertz CT molecular complexity index is 406. The van der Waals surface area contributed by atoms with Crippen molar-refractivity contribution >= 4 is 13.6 Å². The highest BCUT2D eigenvalue weighted by molar-refractivity contribution is 7.53. The zero-order valence-corrected chi connectivity index (χ0v) is 14.9.